The average molecular weight is 285 g/mol. The molecule has 0 aliphatic rings. The maximum Gasteiger partial charge on any atom is 0.191 e. The van der Waals surface area contributed by atoms with Crippen LogP contribution in [0.1, 0.15) is 25.0 Å². The van der Waals surface area contributed by atoms with Crippen LogP contribution in [0, 0.1) is 0 Å². The molecule has 0 atom stereocenters. The number of guanidine groups is 1. The summed E-state index contributed by atoms with van der Waals surface area (Å²) in [5.74, 6) is 0.593. The Hall–Kier alpha value is -2.30. The number of benzene rings is 1. The first kappa shape index (κ1) is 15.1. The van der Waals surface area contributed by atoms with Gasteiger partial charge in [-0.3, -0.25) is 4.68 Å². The second-order valence-electron chi connectivity index (χ2n) is 4.88. The smallest absolute Gasteiger partial charge is 0.191 e. The van der Waals surface area contributed by atoms with Crippen molar-refractivity contribution in [3.05, 3.63) is 53.9 Å². The van der Waals surface area contributed by atoms with Gasteiger partial charge in [0.1, 0.15) is 0 Å². The molecular formula is C16H23N5. The maximum atomic E-state index is 5.97. The summed E-state index contributed by atoms with van der Waals surface area (Å²) < 4.78 is 1.92. The molecule has 0 saturated carbocycles. The zero-order chi connectivity index (χ0) is 15.1. The predicted octanol–water partition coefficient (Wildman–Crippen LogP) is 2.09. The molecule has 1 aromatic heterocycles. The minimum atomic E-state index is 0.567. The van der Waals surface area contributed by atoms with E-state index in [4.69, 9.17) is 5.73 Å². The van der Waals surface area contributed by atoms with E-state index in [-0.39, 0.29) is 0 Å². The molecule has 1 heterocycles. The highest BCUT2D eigenvalue weighted by molar-refractivity contribution is 5.77. The lowest BCUT2D eigenvalue weighted by Gasteiger charge is -2.19. The van der Waals surface area contributed by atoms with Crippen molar-refractivity contribution in [2.45, 2.75) is 26.9 Å². The van der Waals surface area contributed by atoms with Gasteiger partial charge >= 0.3 is 0 Å². The molecule has 2 N–H and O–H groups in total. The van der Waals surface area contributed by atoms with E-state index in [0.29, 0.717) is 12.5 Å². The molecule has 0 unspecified atom stereocenters. The molecule has 112 valence electrons. The average Bonchev–Trinajstić information content (AvgIpc) is 2.95. The van der Waals surface area contributed by atoms with Crippen LogP contribution < -0.4 is 5.73 Å². The number of hydrogen-bond acceptors (Lipinski definition) is 2. The minimum absolute atomic E-state index is 0.567. The summed E-state index contributed by atoms with van der Waals surface area (Å²) in [5.41, 5.74) is 8.27. The minimum Gasteiger partial charge on any atom is -0.370 e. The number of hydrogen-bond donors (Lipinski definition) is 1. The number of aromatic nitrogens is 2. The van der Waals surface area contributed by atoms with Crippen LogP contribution >= 0.6 is 0 Å². The Morgan fingerprint density at radius 2 is 1.90 bits per heavy atom. The normalized spacial score (nSPS) is 11.6. The van der Waals surface area contributed by atoms with E-state index in [0.717, 1.165) is 25.2 Å². The van der Waals surface area contributed by atoms with Gasteiger partial charge in [0, 0.05) is 24.8 Å². The monoisotopic (exact) mass is 285 g/mol. The van der Waals surface area contributed by atoms with E-state index in [1.807, 2.05) is 40.2 Å². The van der Waals surface area contributed by atoms with Crippen LogP contribution in [-0.2, 0) is 13.1 Å². The van der Waals surface area contributed by atoms with Gasteiger partial charge in [0.05, 0.1) is 19.3 Å². The molecule has 2 aromatic rings. The summed E-state index contributed by atoms with van der Waals surface area (Å²) in [4.78, 5) is 6.46. The fourth-order valence-electron chi connectivity index (χ4n) is 2.16. The molecule has 5 heteroatoms. The first-order valence-electron chi connectivity index (χ1n) is 7.33. The lowest BCUT2D eigenvalue weighted by molar-refractivity contribution is 0.458. The molecule has 0 amide bonds. The molecule has 0 aliphatic carbocycles. The molecule has 0 radical (unpaired) electrons. The Labute approximate surface area is 126 Å². The molecule has 2 rings (SSSR count). The summed E-state index contributed by atoms with van der Waals surface area (Å²) in [6.45, 7) is 7.24. The molecule has 0 bridgehead atoms. The van der Waals surface area contributed by atoms with Crippen LogP contribution in [0.2, 0.25) is 0 Å². The van der Waals surface area contributed by atoms with Crippen LogP contribution in [0.4, 0.5) is 0 Å². The van der Waals surface area contributed by atoms with Crippen molar-refractivity contribution < 1.29 is 0 Å². The van der Waals surface area contributed by atoms with Crippen molar-refractivity contribution in [3.8, 4) is 0 Å². The van der Waals surface area contributed by atoms with Crippen molar-refractivity contribution >= 4 is 5.96 Å². The standard InChI is InChI=1S/C16H23N5/c1-3-20(4-2)16(17)18-10-15-11-19-21(13-15)12-14-8-6-5-7-9-14/h5-9,11,13H,3-4,10,12H2,1-2H3,(H2,17,18). The van der Waals surface area contributed by atoms with Crippen molar-refractivity contribution in [1.29, 1.82) is 0 Å². The number of rotatable bonds is 6. The van der Waals surface area contributed by atoms with Crippen LogP contribution in [0.3, 0.4) is 0 Å². The SMILES string of the molecule is CCN(CC)C(N)=NCc1cnn(Cc2ccccc2)c1. The van der Waals surface area contributed by atoms with Gasteiger partial charge in [-0.2, -0.15) is 5.10 Å². The van der Waals surface area contributed by atoms with E-state index in [9.17, 15) is 0 Å². The van der Waals surface area contributed by atoms with Gasteiger partial charge in [-0.1, -0.05) is 30.3 Å². The number of nitrogens with two attached hydrogens (primary N) is 1. The molecular weight excluding hydrogens is 262 g/mol. The lowest BCUT2D eigenvalue weighted by Crippen LogP contribution is -2.37. The largest absolute Gasteiger partial charge is 0.370 e. The second-order valence-corrected chi connectivity index (χ2v) is 4.88. The van der Waals surface area contributed by atoms with Gasteiger partial charge in [0.2, 0.25) is 0 Å². The van der Waals surface area contributed by atoms with Gasteiger partial charge in [0.25, 0.3) is 0 Å². The summed E-state index contributed by atoms with van der Waals surface area (Å²) in [7, 11) is 0. The third kappa shape index (κ3) is 4.34. The van der Waals surface area contributed by atoms with E-state index < -0.39 is 0 Å². The Morgan fingerprint density at radius 3 is 2.57 bits per heavy atom. The van der Waals surface area contributed by atoms with Crippen molar-refractivity contribution in [1.82, 2.24) is 14.7 Å². The van der Waals surface area contributed by atoms with Crippen LogP contribution in [0.5, 0.6) is 0 Å². The van der Waals surface area contributed by atoms with Crippen LogP contribution in [-0.4, -0.2) is 33.7 Å². The topological polar surface area (TPSA) is 59.4 Å². The molecule has 21 heavy (non-hydrogen) atoms. The van der Waals surface area contributed by atoms with Crippen LogP contribution in [0.15, 0.2) is 47.7 Å². The first-order chi connectivity index (χ1) is 10.2. The third-order valence-corrected chi connectivity index (χ3v) is 3.39. The van der Waals surface area contributed by atoms with Crippen molar-refractivity contribution in [2.24, 2.45) is 10.7 Å². The summed E-state index contributed by atoms with van der Waals surface area (Å²) in [6.07, 6.45) is 3.87. The van der Waals surface area contributed by atoms with Gasteiger partial charge in [0.15, 0.2) is 5.96 Å². The summed E-state index contributed by atoms with van der Waals surface area (Å²) in [6, 6.07) is 10.3. The second kappa shape index (κ2) is 7.47. The zero-order valence-corrected chi connectivity index (χ0v) is 12.7. The lowest BCUT2D eigenvalue weighted by atomic mass is 10.2. The number of nitrogens with zero attached hydrogens (tertiary/aromatic N) is 4. The molecule has 0 spiro atoms. The third-order valence-electron chi connectivity index (χ3n) is 3.39. The van der Waals surface area contributed by atoms with Crippen molar-refractivity contribution in [2.75, 3.05) is 13.1 Å². The molecule has 0 saturated heterocycles. The molecule has 0 aliphatic heterocycles. The Balaban J connectivity index is 1.96. The van der Waals surface area contributed by atoms with E-state index in [2.05, 4.69) is 36.1 Å². The van der Waals surface area contributed by atoms with E-state index >= 15 is 0 Å². The fourth-order valence-corrected chi connectivity index (χ4v) is 2.16. The van der Waals surface area contributed by atoms with E-state index in [1.165, 1.54) is 5.56 Å². The molecule has 5 nitrogen and oxygen atoms in total. The van der Waals surface area contributed by atoms with Crippen molar-refractivity contribution in [3.63, 3.8) is 0 Å². The Kier molecular flexibility index (Phi) is 5.37. The van der Waals surface area contributed by atoms with Gasteiger partial charge < -0.3 is 10.6 Å². The summed E-state index contributed by atoms with van der Waals surface area (Å²) >= 11 is 0. The maximum absolute atomic E-state index is 5.97. The highest BCUT2D eigenvalue weighted by Crippen LogP contribution is 2.05. The summed E-state index contributed by atoms with van der Waals surface area (Å²) in [5, 5.41) is 4.37. The van der Waals surface area contributed by atoms with Crippen LogP contribution in [0.25, 0.3) is 0 Å². The molecule has 1 aromatic carbocycles. The van der Waals surface area contributed by atoms with Gasteiger partial charge in [-0.25, -0.2) is 4.99 Å². The molecule has 0 fully saturated rings. The highest BCUT2D eigenvalue weighted by atomic mass is 15.3. The zero-order valence-electron chi connectivity index (χ0n) is 12.7. The predicted molar refractivity (Wildman–Crippen MR) is 86.0 cm³/mol. The Morgan fingerprint density at radius 1 is 1.19 bits per heavy atom. The van der Waals surface area contributed by atoms with E-state index in [1.54, 1.807) is 0 Å². The van der Waals surface area contributed by atoms with Gasteiger partial charge in [-0.15, -0.1) is 0 Å². The quantitative estimate of drug-likeness (QED) is 0.653. The number of aliphatic imine (C=N–C) groups is 1. The highest BCUT2D eigenvalue weighted by Gasteiger charge is 2.03. The first-order valence-corrected chi connectivity index (χ1v) is 7.33. The fraction of sp³-hybridized carbons (Fsp3) is 0.375. The Bertz CT molecular complexity index is 569. The van der Waals surface area contributed by atoms with Gasteiger partial charge in [-0.05, 0) is 19.4 Å².